The number of amides is 1. The molecule has 2 aromatic rings. The number of hydrogen-bond donors (Lipinski definition) is 2. The molecule has 28 heavy (non-hydrogen) atoms. The first kappa shape index (κ1) is 22.2. The Balaban J connectivity index is 1.88. The molecule has 0 aliphatic heterocycles. The molecule has 0 aliphatic carbocycles. The Kier molecular flexibility index (Phi) is 8.25. The monoisotopic (exact) mass is 426 g/mol. The van der Waals surface area contributed by atoms with Crippen LogP contribution >= 0.6 is 11.6 Å². The molecule has 0 heterocycles. The molecule has 0 spiro atoms. The lowest BCUT2D eigenvalue weighted by Gasteiger charge is -2.11. The van der Waals surface area contributed by atoms with Crippen LogP contribution in [0.25, 0.3) is 0 Å². The van der Waals surface area contributed by atoms with Crippen molar-refractivity contribution in [1.82, 2.24) is 10.0 Å². The Labute approximate surface area is 170 Å². The minimum absolute atomic E-state index is 0.00442. The van der Waals surface area contributed by atoms with Crippen molar-refractivity contribution in [2.24, 2.45) is 0 Å². The lowest BCUT2D eigenvalue weighted by Crippen LogP contribution is -2.28. The third-order valence-electron chi connectivity index (χ3n) is 3.78. The second-order valence-electron chi connectivity index (χ2n) is 6.03. The van der Waals surface area contributed by atoms with Crippen molar-refractivity contribution in [2.75, 3.05) is 26.9 Å². The normalized spacial score (nSPS) is 11.2. The number of rotatable bonds is 10. The number of aryl methyl sites for hydroxylation is 1. The molecule has 0 unspecified atom stereocenters. The summed E-state index contributed by atoms with van der Waals surface area (Å²) in [6.45, 7) is 2.55. The summed E-state index contributed by atoms with van der Waals surface area (Å²) in [6.07, 6.45) is 0. The highest BCUT2D eigenvalue weighted by Crippen LogP contribution is 2.27. The van der Waals surface area contributed by atoms with Crippen LogP contribution < -0.4 is 14.8 Å². The highest BCUT2D eigenvalue weighted by atomic mass is 35.5. The molecule has 0 saturated heterocycles. The fraction of sp³-hybridized carbons (Fsp3) is 0.316. The molecule has 0 saturated carbocycles. The summed E-state index contributed by atoms with van der Waals surface area (Å²) in [5.74, 6) is -0.0856. The third kappa shape index (κ3) is 6.79. The first-order valence-corrected chi connectivity index (χ1v) is 10.4. The van der Waals surface area contributed by atoms with Crippen LogP contribution in [0, 0.1) is 6.92 Å². The van der Waals surface area contributed by atoms with E-state index in [2.05, 4.69) is 10.0 Å². The van der Waals surface area contributed by atoms with E-state index in [1.54, 1.807) is 0 Å². The first-order valence-electron chi connectivity index (χ1n) is 8.55. The van der Waals surface area contributed by atoms with Crippen molar-refractivity contribution in [3.63, 3.8) is 0 Å². The summed E-state index contributed by atoms with van der Waals surface area (Å²) < 4.78 is 36.9. The van der Waals surface area contributed by atoms with Crippen LogP contribution in [0.15, 0.2) is 47.4 Å². The zero-order valence-corrected chi connectivity index (χ0v) is 17.3. The van der Waals surface area contributed by atoms with E-state index in [9.17, 15) is 13.2 Å². The zero-order chi connectivity index (χ0) is 20.6. The molecular formula is C19H23ClN2O5S. The van der Waals surface area contributed by atoms with Gasteiger partial charge in [-0.05, 0) is 30.7 Å². The molecule has 1 amide bonds. The van der Waals surface area contributed by atoms with E-state index in [-0.39, 0.29) is 41.3 Å². The molecule has 0 atom stereocenters. The minimum Gasteiger partial charge on any atom is -0.482 e. The number of carbonyl (C=O) groups excluding carboxylic acids is 1. The number of ether oxygens (including phenoxy) is 2. The van der Waals surface area contributed by atoms with Crippen LogP contribution in [0.2, 0.25) is 5.02 Å². The molecule has 0 fully saturated rings. The number of benzene rings is 2. The summed E-state index contributed by atoms with van der Waals surface area (Å²) >= 11 is 6.09. The topological polar surface area (TPSA) is 93.7 Å². The SMILES string of the molecule is COCCNS(=O)(=O)c1ccc(OCC(=O)NCc2ccc(C)cc2)c(Cl)c1. The Morgan fingerprint density at radius 2 is 1.86 bits per heavy atom. The van der Waals surface area contributed by atoms with Gasteiger partial charge in [0.05, 0.1) is 16.5 Å². The summed E-state index contributed by atoms with van der Waals surface area (Å²) in [7, 11) is -2.21. The van der Waals surface area contributed by atoms with Gasteiger partial charge in [0.1, 0.15) is 5.75 Å². The number of hydrogen-bond acceptors (Lipinski definition) is 5. The Hall–Kier alpha value is -2.13. The van der Waals surface area contributed by atoms with Crippen LogP contribution in [0.5, 0.6) is 5.75 Å². The minimum atomic E-state index is -3.69. The largest absolute Gasteiger partial charge is 0.482 e. The molecule has 9 heteroatoms. The maximum Gasteiger partial charge on any atom is 0.258 e. The van der Waals surface area contributed by atoms with Crippen molar-refractivity contribution < 1.29 is 22.7 Å². The molecule has 0 aliphatic rings. The maximum absolute atomic E-state index is 12.1. The van der Waals surface area contributed by atoms with Gasteiger partial charge >= 0.3 is 0 Å². The summed E-state index contributed by atoms with van der Waals surface area (Å²) in [6, 6.07) is 11.9. The van der Waals surface area contributed by atoms with Crippen molar-refractivity contribution in [3.05, 3.63) is 58.6 Å². The number of nitrogens with one attached hydrogen (secondary N) is 2. The van der Waals surface area contributed by atoms with Crippen LogP contribution in [0.3, 0.4) is 0 Å². The summed E-state index contributed by atoms with van der Waals surface area (Å²) in [5, 5.41) is 2.85. The molecule has 2 rings (SSSR count). The Morgan fingerprint density at radius 1 is 1.14 bits per heavy atom. The highest BCUT2D eigenvalue weighted by Gasteiger charge is 2.16. The molecule has 0 radical (unpaired) electrons. The van der Waals surface area contributed by atoms with Gasteiger partial charge in [0, 0.05) is 20.2 Å². The van der Waals surface area contributed by atoms with E-state index in [1.807, 2.05) is 31.2 Å². The van der Waals surface area contributed by atoms with Gasteiger partial charge in [0.2, 0.25) is 10.0 Å². The lowest BCUT2D eigenvalue weighted by atomic mass is 10.1. The summed E-state index contributed by atoms with van der Waals surface area (Å²) in [4.78, 5) is 11.9. The Bertz CT molecular complexity index is 901. The van der Waals surface area contributed by atoms with E-state index < -0.39 is 10.0 Å². The van der Waals surface area contributed by atoms with Gasteiger partial charge in [-0.3, -0.25) is 4.79 Å². The van der Waals surface area contributed by atoms with E-state index in [0.717, 1.165) is 11.1 Å². The summed E-state index contributed by atoms with van der Waals surface area (Å²) in [5.41, 5.74) is 2.12. The van der Waals surface area contributed by atoms with Gasteiger partial charge in [-0.25, -0.2) is 13.1 Å². The standard InChI is InChI=1S/C19H23ClN2O5S/c1-14-3-5-15(6-4-14)12-21-19(23)13-27-18-8-7-16(11-17(18)20)28(24,25)22-9-10-26-2/h3-8,11,22H,9-10,12-13H2,1-2H3,(H,21,23). The van der Waals surface area contributed by atoms with E-state index in [4.69, 9.17) is 21.1 Å². The van der Waals surface area contributed by atoms with E-state index >= 15 is 0 Å². The van der Waals surface area contributed by atoms with Crippen molar-refractivity contribution in [1.29, 1.82) is 0 Å². The number of sulfonamides is 1. The molecule has 2 aromatic carbocycles. The average molecular weight is 427 g/mol. The molecular weight excluding hydrogens is 404 g/mol. The molecule has 7 nitrogen and oxygen atoms in total. The van der Waals surface area contributed by atoms with Crippen LogP contribution in [0.4, 0.5) is 0 Å². The second-order valence-corrected chi connectivity index (χ2v) is 8.21. The van der Waals surface area contributed by atoms with Gasteiger partial charge < -0.3 is 14.8 Å². The number of carbonyl (C=O) groups is 1. The Morgan fingerprint density at radius 3 is 2.50 bits per heavy atom. The molecule has 2 N–H and O–H groups in total. The predicted octanol–water partition coefficient (Wildman–Crippen LogP) is 2.27. The number of halogens is 1. The van der Waals surface area contributed by atoms with Crippen molar-refractivity contribution in [3.8, 4) is 5.75 Å². The van der Waals surface area contributed by atoms with Gasteiger partial charge in [-0.15, -0.1) is 0 Å². The quantitative estimate of drug-likeness (QED) is 0.568. The smallest absolute Gasteiger partial charge is 0.258 e. The fourth-order valence-electron chi connectivity index (χ4n) is 2.23. The van der Waals surface area contributed by atoms with Crippen LogP contribution in [-0.2, 0) is 26.1 Å². The van der Waals surface area contributed by atoms with E-state index in [0.29, 0.717) is 6.54 Å². The molecule has 0 aromatic heterocycles. The van der Waals surface area contributed by atoms with E-state index in [1.165, 1.54) is 25.3 Å². The first-order chi connectivity index (χ1) is 13.3. The predicted molar refractivity (Wildman–Crippen MR) is 107 cm³/mol. The fourth-order valence-corrected chi connectivity index (χ4v) is 3.57. The van der Waals surface area contributed by atoms with Crippen molar-refractivity contribution >= 4 is 27.5 Å². The molecule has 0 bridgehead atoms. The zero-order valence-electron chi connectivity index (χ0n) is 15.7. The molecule has 152 valence electrons. The van der Waals surface area contributed by atoms with Crippen LogP contribution in [-0.4, -0.2) is 41.2 Å². The maximum atomic E-state index is 12.1. The van der Waals surface area contributed by atoms with Gasteiger partial charge in [0.15, 0.2) is 6.61 Å². The van der Waals surface area contributed by atoms with Gasteiger partial charge in [-0.2, -0.15) is 0 Å². The third-order valence-corrected chi connectivity index (χ3v) is 5.54. The second kappa shape index (κ2) is 10.4. The van der Waals surface area contributed by atoms with Gasteiger partial charge in [-0.1, -0.05) is 41.4 Å². The number of methoxy groups -OCH3 is 1. The average Bonchev–Trinajstić information content (AvgIpc) is 2.66. The lowest BCUT2D eigenvalue weighted by molar-refractivity contribution is -0.123. The van der Waals surface area contributed by atoms with Crippen LogP contribution in [0.1, 0.15) is 11.1 Å². The van der Waals surface area contributed by atoms with Gasteiger partial charge in [0.25, 0.3) is 5.91 Å². The van der Waals surface area contributed by atoms with Crippen molar-refractivity contribution in [2.45, 2.75) is 18.4 Å². The highest BCUT2D eigenvalue weighted by molar-refractivity contribution is 7.89.